The van der Waals surface area contributed by atoms with Gasteiger partial charge in [0.2, 0.25) is 0 Å². The van der Waals surface area contributed by atoms with E-state index in [-0.39, 0.29) is 16.3 Å². The van der Waals surface area contributed by atoms with Crippen LogP contribution in [-0.4, -0.2) is 15.5 Å². The van der Waals surface area contributed by atoms with Crippen LogP contribution in [0, 0.1) is 5.82 Å². The van der Waals surface area contributed by atoms with E-state index in [2.05, 4.69) is 4.72 Å². The van der Waals surface area contributed by atoms with Gasteiger partial charge < -0.3 is 10.5 Å². The molecule has 0 atom stereocenters. The van der Waals surface area contributed by atoms with Gasteiger partial charge in [0.05, 0.1) is 23.5 Å². The maximum absolute atomic E-state index is 13.0. The van der Waals surface area contributed by atoms with E-state index in [9.17, 15) is 12.8 Å². The third-order valence-electron chi connectivity index (χ3n) is 2.66. The molecule has 0 unspecified atom stereocenters. The molecule has 0 heterocycles. The van der Waals surface area contributed by atoms with Crippen molar-refractivity contribution in [2.45, 2.75) is 4.90 Å². The van der Waals surface area contributed by atoms with Crippen molar-refractivity contribution in [1.82, 2.24) is 0 Å². The molecule has 0 aliphatic rings. The summed E-state index contributed by atoms with van der Waals surface area (Å²) in [7, 11) is -2.52. The lowest BCUT2D eigenvalue weighted by molar-refractivity contribution is 0.415. The van der Waals surface area contributed by atoms with Crippen LogP contribution in [0.5, 0.6) is 5.75 Å². The molecular formula is C13H12ClFN2O3S. The summed E-state index contributed by atoms with van der Waals surface area (Å²) in [6.45, 7) is 0. The van der Waals surface area contributed by atoms with Crippen molar-refractivity contribution in [3.05, 3.63) is 47.2 Å². The van der Waals surface area contributed by atoms with Crippen LogP contribution in [0.15, 0.2) is 41.3 Å². The van der Waals surface area contributed by atoms with Crippen LogP contribution in [0.1, 0.15) is 0 Å². The van der Waals surface area contributed by atoms with E-state index in [1.54, 1.807) is 0 Å². The Morgan fingerprint density at radius 2 is 1.95 bits per heavy atom. The van der Waals surface area contributed by atoms with Crippen LogP contribution in [0.4, 0.5) is 15.8 Å². The first kappa shape index (κ1) is 15.4. The number of halogens is 2. The summed E-state index contributed by atoms with van der Waals surface area (Å²) in [4.78, 5) is -0.210. The summed E-state index contributed by atoms with van der Waals surface area (Å²) in [5.74, 6) is -0.288. The van der Waals surface area contributed by atoms with Crippen molar-refractivity contribution in [2.24, 2.45) is 0 Å². The van der Waals surface area contributed by atoms with Crippen LogP contribution in [0.25, 0.3) is 0 Å². The van der Waals surface area contributed by atoms with Crippen molar-refractivity contribution >= 4 is 33.0 Å². The fourth-order valence-corrected chi connectivity index (χ4v) is 3.06. The highest BCUT2D eigenvalue weighted by Gasteiger charge is 2.18. The average Bonchev–Trinajstić information content (AvgIpc) is 2.40. The second-order valence-corrected chi connectivity index (χ2v) is 6.19. The largest absolute Gasteiger partial charge is 0.495 e. The highest BCUT2D eigenvalue weighted by molar-refractivity contribution is 7.92. The summed E-state index contributed by atoms with van der Waals surface area (Å²) in [5.41, 5.74) is 5.61. The van der Waals surface area contributed by atoms with Crippen LogP contribution >= 0.6 is 11.6 Å². The molecule has 0 saturated carbocycles. The van der Waals surface area contributed by atoms with Crippen molar-refractivity contribution in [1.29, 1.82) is 0 Å². The molecule has 112 valence electrons. The zero-order valence-electron chi connectivity index (χ0n) is 10.9. The van der Waals surface area contributed by atoms with Gasteiger partial charge in [-0.1, -0.05) is 11.6 Å². The lowest BCUT2D eigenvalue weighted by Gasteiger charge is -2.11. The second kappa shape index (κ2) is 5.79. The van der Waals surface area contributed by atoms with Gasteiger partial charge in [0.15, 0.2) is 0 Å². The average molecular weight is 331 g/mol. The molecule has 0 amide bonds. The van der Waals surface area contributed by atoms with E-state index in [0.29, 0.717) is 10.8 Å². The topological polar surface area (TPSA) is 81.4 Å². The fraction of sp³-hybridized carbons (Fsp3) is 0.0769. The highest BCUT2D eigenvalue weighted by atomic mass is 35.5. The van der Waals surface area contributed by atoms with Crippen LogP contribution < -0.4 is 15.2 Å². The SMILES string of the molecule is COc1cc(NS(=O)(=O)c2ccc(F)cc2N)ccc1Cl. The van der Waals surface area contributed by atoms with Crippen molar-refractivity contribution in [2.75, 3.05) is 17.6 Å². The first-order valence-corrected chi connectivity index (χ1v) is 7.61. The fourth-order valence-electron chi connectivity index (χ4n) is 1.70. The number of sulfonamides is 1. The van der Waals surface area contributed by atoms with Crippen LogP contribution in [0.2, 0.25) is 5.02 Å². The number of ether oxygens (including phenoxy) is 1. The smallest absolute Gasteiger partial charge is 0.263 e. The summed E-state index contributed by atoms with van der Waals surface area (Å²) >= 11 is 5.86. The molecule has 3 N–H and O–H groups in total. The molecule has 8 heteroatoms. The van der Waals surface area contributed by atoms with E-state index in [1.165, 1.54) is 25.3 Å². The molecule has 5 nitrogen and oxygen atoms in total. The summed E-state index contributed by atoms with van der Waals surface area (Å²) in [5, 5.41) is 0.349. The first-order valence-electron chi connectivity index (χ1n) is 5.75. The Kier molecular flexibility index (Phi) is 4.24. The van der Waals surface area contributed by atoms with Crippen molar-refractivity contribution < 1.29 is 17.5 Å². The Morgan fingerprint density at radius 1 is 1.24 bits per heavy atom. The molecule has 0 aliphatic carbocycles. The van der Waals surface area contributed by atoms with Crippen LogP contribution in [0.3, 0.4) is 0 Å². The highest BCUT2D eigenvalue weighted by Crippen LogP contribution is 2.29. The van der Waals surface area contributed by atoms with E-state index in [1.807, 2.05) is 0 Å². The standard InChI is InChI=1S/C13H12ClFN2O3S/c1-20-12-7-9(3-4-10(12)14)17-21(18,19)13-5-2-8(15)6-11(13)16/h2-7,17H,16H2,1H3. The van der Waals surface area contributed by atoms with Gasteiger partial charge in [0.25, 0.3) is 10.0 Å². The number of nitrogen functional groups attached to an aromatic ring is 1. The number of anilines is 2. The van der Waals surface area contributed by atoms with E-state index >= 15 is 0 Å². The van der Waals surface area contributed by atoms with Gasteiger partial charge in [-0.2, -0.15) is 0 Å². The Hall–Kier alpha value is -1.99. The number of nitrogens with two attached hydrogens (primary N) is 1. The van der Waals surface area contributed by atoms with E-state index in [0.717, 1.165) is 18.2 Å². The molecule has 0 saturated heterocycles. The predicted octanol–water partition coefficient (Wildman–Crippen LogP) is 2.87. The molecule has 0 aromatic heterocycles. The Morgan fingerprint density at radius 3 is 2.57 bits per heavy atom. The molecule has 2 rings (SSSR count). The number of hydrogen-bond acceptors (Lipinski definition) is 4. The molecular weight excluding hydrogens is 319 g/mol. The summed E-state index contributed by atoms with van der Waals surface area (Å²) < 4.78 is 44.8. The molecule has 0 aliphatic heterocycles. The van der Waals surface area contributed by atoms with Gasteiger partial charge in [-0.3, -0.25) is 4.72 Å². The van der Waals surface area contributed by atoms with Gasteiger partial charge in [-0.25, -0.2) is 12.8 Å². The molecule has 2 aromatic carbocycles. The van der Waals surface area contributed by atoms with Gasteiger partial charge in [0.1, 0.15) is 16.5 Å². The first-order chi connectivity index (χ1) is 9.83. The maximum Gasteiger partial charge on any atom is 0.263 e. The Labute approximate surface area is 126 Å². The minimum atomic E-state index is -3.94. The monoisotopic (exact) mass is 330 g/mol. The predicted molar refractivity (Wildman–Crippen MR) is 79.6 cm³/mol. The van der Waals surface area contributed by atoms with Crippen molar-refractivity contribution in [3.63, 3.8) is 0 Å². The zero-order valence-corrected chi connectivity index (χ0v) is 12.5. The summed E-state index contributed by atoms with van der Waals surface area (Å²) in [6, 6.07) is 7.46. The molecule has 2 aromatic rings. The second-order valence-electron chi connectivity index (χ2n) is 4.14. The number of benzene rings is 2. The van der Waals surface area contributed by atoms with Gasteiger partial charge in [-0.15, -0.1) is 0 Å². The van der Waals surface area contributed by atoms with Gasteiger partial charge in [-0.05, 0) is 30.3 Å². The quantitative estimate of drug-likeness (QED) is 0.845. The van der Waals surface area contributed by atoms with Crippen molar-refractivity contribution in [3.8, 4) is 5.75 Å². The van der Waals surface area contributed by atoms with Gasteiger partial charge >= 0.3 is 0 Å². The Balaban J connectivity index is 2.37. The van der Waals surface area contributed by atoms with E-state index < -0.39 is 15.8 Å². The third kappa shape index (κ3) is 3.37. The molecule has 0 spiro atoms. The number of nitrogens with one attached hydrogen (secondary N) is 1. The minimum absolute atomic E-state index is 0.177. The summed E-state index contributed by atoms with van der Waals surface area (Å²) in [6.07, 6.45) is 0. The molecule has 0 fully saturated rings. The molecule has 0 bridgehead atoms. The minimum Gasteiger partial charge on any atom is -0.495 e. The van der Waals surface area contributed by atoms with E-state index in [4.69, 9.17) is 22.1 Å². The van der Waals surface area contributed by atoms with Crippen LogP contribution in [-0.2, 0) is 10.0 Å². The normalized spacial score (nSPS) is 11.2. The Bertz CT molecular complexity index is 781. The lowest BCUT2D eigenvalue weighted by Crippen LogP contribution is -2.15. The number of methoxy groups -OCH3 is 1. The molecule has 21 heavy (non-hydrogen) atoms. The maximum atomic E-state index is 13.0. The number of rotatable bonds is 4. The third-order valence-corrected chi connectivity index (χ3v) is 4.43. The zero-order chi connectivity index (χ0) is 15.6. The lowest BCUT2D eigenvalue weighted by atomic mass is 10.3. The molecule has 0 radical (unpaired) electrons. The van der Waals surface area contributed by atoms with Gasteiger partial charge in [0, 0.05) is 6.07 Å². The number of hydrogen-bond donors (Lipinski definition) is 2.